The lowest BCUT2D eigenvalue weighted by Gasteiger charge is -2.09. The molecule has 1 fully saturated rings. The third-order valence-corrected chi connectivity index (χ3v) is 3.62. The number of aliphatic hydroxyl groups is 1. The molecule has 0 aliphatic heterocycles. The van der Waals surface area contributed by atoms with Crippen molar-refractivity contribution < 1.29 is 5.11 Å². The fraction of sp³-hybridized carbons (Fsp3) is 0.417. The van der Waals surface area contributed by atoms with Gasteiger partial charge in [0.2, 0.25) is 0 Å². The van der Waals surface area contributed by atoms with Crippen LogP contribution in [0.3, 0.4) is 0 Å². The van der Waals surface area contributed by atoms with E-state index in [0.29, 0.717) is 5.02 Å². The summed E-state index contributed by atoms with van der Waals surface area (Å²) in [6, 6.07) is 7.96. The lowest BCUT2D eigenvalue weighted by molar-refractivity contribution is 0.269. The zero-order valence-corrected chi connectivity index (χ0v) is 9.25. The van der Waals surface area contributed by atoms with Gasteiger partial charge in [-0.3, -0.25) is 0 Å². The molecule has 0 aromatic heterocycles. The summed E-state index contributed by atoms with van der Waals surface area (Å²) in [7, 11) is 0. The van der Waals surface area contributed by atoms with Gasteiger partial charge in [-0.1, -0.05) is 23.7 Å². The molecular weight excluding hydrogens is 210 g/mol. The van der Waals surface area contributed by atoms with Crippen LogP contribution in [0.15, 0.2) is 18.2 Å². The first-order chi connectivity index (χ1) is 7.14. The summed E-state index contributed by atoms with van der Waals surface area (Å²) in [4.78, 5) is 0. The van der Waals surface area contributed by atoms with E-state index in [-0.39, 0.29) is 12.5 Å². The van der Waals surface area contributed by atoms with Gasteiger partial charge in [-0.15, -0.1) is 0 Å². The second kappa shape index (κ2) is 3.52. The molecule has 0 unspecified atom stereocenters. The average molecular weight is 222 g/mol. The summed E-state index contributed by atoms with van der Waals surface area (Å²) >= 11 is 5.93. The first-order valence-electron chi connectivity index (χ1n) is 4.93. The standard InChI is InChI=1S/C12H12ClNO/c1-8-4-9(2-3-11(8)13)12(7-14)5-10(12)6-15/h2-4,10,15H,5-6H2,1H3/t10-,12+/m1/s1. The van der Waals surface area contributed by atoms with Crippen LogP contribution < -0.4 is 0 Å². The van der Waals surface area contributed by atoms with E-state index in [9.17, 15) is 5.26 Å². The Hall–Kier alpha value is -1.04. The van der Waals surface area contributed by atoms with Gasteiger partial charge in [0.15, 0.2) is 0 Å². The Labute approximate surface area is 94.1 Å². The molecule has 78 valence electrons. The highest BCUT2D eigenvalue weighted by Crippen LogP contribution is 2.53. The van der Waals surface area contributed by atoms with Crippen LogP contribution in [-0.2, 0) is 5.41 Å². The number of hydrogen-bond acceptors (Lipinski definition) is 2. The van der Waals surface area contributed by atoms with E-state index in [1.807, 2.05) is 25.1 Å². The predicted octanol–water partition coefficient (Wildman–Crippen LogP) is 2.42. The fourth-order valence-corrected chi connectivity index (χ4v) is 2.14. The molecule has 1 aromatic carbocycles. The van der Waals surface area contributed by atoms with Crippen molar-refractivity contribution in [1.82, 2.24) is 0 Å². The van der Waals surface area contributed by atoms with Gasteiger partial charge in [0.05, 0.1) is 11.5 Å². The van der Waals surface area contributed by atoms with Crippen molar-refractivity contribution in [3.05, 3.63) is 34.3 Å². The first kappa shape index (κ1) is 10.5. The van der Waals surface area contributed by atoms with E-state index in [0.717, 1.165) is 17.5 Å². The minimum atomic E-state index is -0.468. The first-order valence-corrected chi connectivity index (χ1v) is 5.30. The maximum atomic E-state index is 9.18. The third kappa shape index (κ3) is 1.52. The smallest absolute Gasteiger partial charge is 0.0877 e. The topological polar surface area (TPSA) is 44.0 Å². The van der Waals surface area contributed by atoms with Gasteiger partial charge in [-0.25, -0.2) is 0 Å². The van der Waals surface area contributed by atoms with Crippen LogP contribution in [0, 0.1) is 24.2 Å². The Morgan fingerprint density at radius 3 is 2.87 bits per heavy atom. The molecule has 1 aliphatic rings. The largest absolute Gasteiger partial charge is 0.396 e. The minimum absolute atomic E-state index is 0.0786. The molecule has 1 aliphatic carbocycles. The summed E-state index contributed by atoms with van der Waals surface area (Å²) in [6.07, 6.45) is 0.751. The molecule has 0 bridgehead atoms. The van der Waals surface area contributed by atoms with E-state index in [1.165, 1.54) is 0 Å². The number of nitriles is 1. The summed E-state index contributed by atoms with van der Waals surface area (Å²) < 4.78 is 0. The van der Waals surface area contributed by atoms with Gasteiger partial charge in [-0.2, -0.15) is 5.26 Å². The van der Waals surface area contributed by atoms with Crippen molar-refractivity contribution in [3.8, 4) is 6.07 Å². The predicted molar refractivity (Wildman–Crippen MR) is 58.7 cm³/mol. The highest BCUT2D eigenvalue weighted by atomic mass is 35.5. The molecule has 0 heterocycles. The highest BCUT2D eigenvalue weighted by Gasteiger charge is 2.55. The monoisotopic (exact) mass is 221 g/mol. The second-order valence-electron chi connectivity index (χ2n) is 4.13. The molecule has 15 heavy (non-hydrogen) atoms. The Kier molecular flexibility index (Phi) is 2.46. The zero-order valence-electron chi connectivity index (χ0n) is 8.50. The number of aliphatic hydroxyl groups excluding tert-OH is 1. The molecule has 0 amide bonds. The van der Waals surface area contributed by atoms with Gasteiger partial charge in [0.25, 0.3) is 0 Å². The quantitative estimate of drug-likeness (QED) is 0.834. The number of nitrogens with zero attached hydrogens (tertiary/aromatic N) is 1. The van der Waals surface area contributed by atoms with Crippen molar-refractivity contribution in [1.29, 1.82) is 5.26 Å². The molecule has 0 spiro atoms. The normalized spacial score (nSPS) is 28.5. The van der Waals surface area contributed by atoms with Crippen LogP contribution in [0.25, 0.3) is 0 Å². The van der Waals surface area contributed by atoms with Crippen LogP contribution in [0.5, 0.6) is 0 Å². The van der Waals surface area contributed by atoms with Gasteiger partial charge in [-0.05, 0) is 30.5 Å². The minimum Gasteiger partial charge on any atom is -0.396 e. The van der Waals surface area contributed by atoms with Crippen LogP contribution in [0.2, 0.25) is 5.02 Å². The molecule has 2 nitrogen and oxygen atoms in total. The maximum Gasteiger partial charge on any atom is 0.0877 e. The molecule has 1 saturated carbocycles. The molecule has 2 rings (SSSR count). The molecule has 0 radical (unpaired) electrons. The van der Waals surface area contributed by atoms with Crippen molar-refractivity contribution >= 4 is 11.6 Å². The van der Waals surface area contributed by atoms with E-state index in [1.54, 1.807) is 0 Å². The Balaban J connectivity index is 2.39. The van der Waals surface area contributed by atoms with Gasteiger partial charge in [0.1, 0.15) is 0 Å². The summed E-state index contributed by atoms with van der Waals surface area (Å²) in [5.41, 5.74) is 1.49. The zero-order chi connectivity index (χ0) is 11.1. The molecule has 1 aromatic rings. The number of hydrogen-bond donors (Lipinski definition) is 1. The molecule has 2 atom stereocenters. The van der Waals surface area contributed by atoms with Gasteiger partial charge in [0, 0.05) is 17.5 Å². The lowest BCUT2D eigenvalue weighted by Crippen LogP contribution is -2.09. The molecule has 1 N–H and O–H groups in total. The maximum absolute atomic E-state index is 9.18. The van der Waals surface area contributed by atoms with Crippen LogP contribution in [0.4, 0.5) is 0 Å². The number of benzene rings is 1. The van der Waals surface area contributed by atoms with E-state index in [4.69, 9.17) is 16.7 Å². The van der Waals surface area contributed by atoms with Crippen molar-refractivity contribution in [3.63, 3.8) is 0 Å². The Morgan fingerprint density at radius 2 is 2.40 bits per heavy atom. The van der Waals surface area contributed by atoms with Crippen molar-refractivity contribution in [2.24, 2.45) is 5.92 Å². The molecule has 3 heteroatoms. The van der Waals surface area contributed by atoms with Gasteiger partial charge < -0.3 is 5.11 Å². The molecular formula is C12H12ClNO. The summed E-state index contributed by atoms with van der Waals surface area (Å²) in [6.45, 7) is 2.00. The Morgan fingerprint density at radius 1 is 1.67 bits per heavy atom. The highest BCUT2D eigenvalue weighted by molar-refractivity contribution is 6.31. The van der Waals surface area contributed by atoms with Crippen molar-refractivity contribution in [2.45, 2.75) is 18.8 Å². The lowest BCUT2D eigenvalue weighted by atomic mass is 9.94. The second-order valence-corrected chi connectivity index (χ2v) is 4.54. The number of aryl methyl sites for hydroxylation is 1. The number of rotatable bonds is 2. The summed E-state index contributed by atoms with van der Waals surface area (Å²) in [5.74, 6) is 0.0862. The Bertz CT molecular complexity index is 438. The average Bonchev–Trinajstić information content (AvgIpc) is 2.97. The van der Waals surface area contributed by atoms with E-state index in [2.05, 4.69) is 6.07 Å². The number of halogens is 1. The van der Waals surface area contributed by atoms with E-state index >= 15 is 0 Å². The summed E-state index contributed by atoms with van der Waals surface area (Å²) in [5, 5.41) is 19.0. The van der Waals surface area contributed by atoms with E-state index < -0.39 is 5.41 Å². The fourth-order valence-electron chi connectivity index (χ4n) is 2.03. The van der Waals surface area contributed by atoms with Crippen LogP contribution in [0.1, 0.15) is 17.5 Å². The molecule has 0 saturated heterocycles. The SMILES string of the molecule is Cc1cc([C@@]2(C#N)C[C@@H]2CO)ccc1Cl. The van der Waals surface area contributed by atoms with Crippen LogP contribution in [-0.4, -0.2) is 11.7 Å². The van der Waals surface area contributed by atoms with Crippen molar-refractivity contribution in [2.75, 3.05) is 6.61 Å². The van der Waals surface area contributed by atoms with Gasteiger partial charge >= 0.3 is 0 Å². The van der Waals surface area contributed by atoms with Crippen LogP contribution >= 0.6 is 11.6 Å². The third-order valence-electron chi connectivity index (χ3n) is 3.20.